The highest BCUT2D eigenvalue weighted by Crippen LogP contribution is 2.22. The Morgan fingerprint density at radius 2 is 1.89 bits per heavy atom. The van der Waals surface area contributed by atoms with Crippen LogP contribution in [0.25, 0.3) is 0 Å². The molecule has 0 heterocycles. The average Bonchev–Trinajstić information content (AvgIpc) is 2.34. The maximum Gasteiger partial charge on any atom is 0.342 e. The first-order valence-electron chi connectivity index (χ1n) is 5.03. The third-order valence-electron chi connectivity index (χ3n) is 1.93. The lowest BCUT2D eigenvalue weighted by Gasteiger charge is -2.06. The second kappa shape index (κ2) is 6.29. The standard InChI is InChI=1S/C12H12O6/c1-2-11(15)17-5-6-18-12(16)9-4-3-8(13)7-10(9)14/h2-4,7,13-14H,1,5-6H2. The number of carbonyl (C=O) groups is 2. The number of ether oxygens (including phenoxy) is 2. The van der Waals surface area contributed by atoms with Crippen LogP contribution < -0.4 is 0 Å². The van der Waals surface area contributed by atoms with Crippen LogP contribution in [0.1, 0.15) is 10.4 Å². The van der Waals surface area contributed by atoms with Gasteiger partial charge < -0.3 is 19.7 Å². The number of aromatic hydroxyl groups is 2. The van der Waals surface area contributed by atoms with E-state index < -0.39 is 11.9 Å². The van der Waals surface area contributed by atoms with Crippen molar-refractivity contribution in [3.63, 3.8) is 0 Å². The van der Waals surface area contributed by atoms with Gasteiger partial charge in [0.1, 0.15) is 30.3 Å². The molecular formula is C12H12O6. The van der Waals surface area contributed by atoms with Crippen molar-refractivity contribution in [1.29, 1.82) is 0 Å². The fourth-order valence-corrected chi connectivity index (χ4v) is 1.11. The largest absolute Gasteiger partial charge is 0.508 e. The van der Waals surface area contributed by atoms with Crippen molar-refractivity contribution >= 4 is 11.9 Å². The van der Waals surface area contributed by atoms with E-state index in [1.165, 1.54) is 12.1 Å². The van der Waals surface area contributed by atoms with E-state index in [1.54, 1.807) is 0 Å². The van der Waals surface area contributed by atoms with Crippen LogP contribution in [-0.2, 0) is 14.3 Å². The van der Waals surface area contributed by atoms with E-state index in [2.05, 4.69) is 11.3 Å². The number of rotatable bonds is 5. The van der Waals surface area contributed by atoms with Crippen molar-refractivity contribution in [2.24, 2.45) is 0 Å². The lowest BCUT2D eigenvalue weighted by Crippen LogP contribution is -2.12. The van der Waals surface area contributed by atoms with E-state index in [-0.39, 0.29) is 30.3 Å². The van der Waals surface area contributed by atoms with Crippen LogP contribution in [0, 0.1) is 0 Å². The van der Waals surface area contributed by atoms with Gasteiger partial charge in [0.05, 0.1) is 0 Å². The van der Waals surface area contributed by atoms with Crippen LogP contribution >= 0.6 is 0 Å². The lowest BCUT2D eigenvalue weighted by molar-refractivity contribution is -0.138. The monoisotopic (exact) mass is 252 g/mol. The molecule has 0 aliphatic rings. The maximum absolute atomic E-state index is 11.5. The summed E-state index contributed by atoms with van der Waals surface area (Å²) >= 11 is 0. The molecule has 2 N–H and O–H groups in total. The van der Waals surface area contributed by atoms with Gasteiger partial charge in [-0.25, -0.2) is 9.59 Å². The van der Waals surface area contributed by atoms with Gasteiger partial charge in [-0.3, -0.25) is 0 Å². The summed E-state index contributed by atoms with van der Waals surface area (Å²) in [6, 6.07) is 3.49. The zero-order chi connectivity index (χ0) is 13.5. The summed E-state index contributed by atoms with van der Waals surface area (Å²) in [5, 5.41) is 18.4. The van der Waals surface area contributed by atoms with Crippen molar-refractivity contribution < 1.29 is 29.3 Å². The molecule has 96 valence electrons. The van der Waals surface area contributed by atoms with Gasteiger partial charge in [0.25, 0.3) is 0 Å². The van der Waals surface area contributed by atoms with E-state index in [0.29, 0.717) is 0 Å². The predicted octanol–water partition coefficient (Wildman–Crippen LogP) is 0.984. The van der Waals surface area contributed by atoms with Crippen LogP contribution in [0.2, 0.25) is 0 Å². The molecule has 0 amide bonds. The van der Waals surface area contributed by atoms with E-state index >= 15 is 0 Å². The SMILES string of the molecule is C=CC(=O)OCCOC(=O)c1ccc(O)cc1O. The van der Waals surface area contributed by atoms with E-state index in [1.807, 2.05) is 0 Å². The summed E-state index contributed by atoms with van der Waals surface area (Å²) in [6.07, 6.45) is 0.994. The number of benzene rings is 1. The first-order valence-corrected chi connectivity index (χ1v) is 5.03. The normalized spacial score (nSPS) is 9.56. The molecule has 0 radical (unpaired) electrons. The molecular weight excluding hydrogens is 240 g/mol. The number of phenols is 2. The number of hydrogen-bond donors (Lipinski definition) is 2. The summed E-state index contributed by atoms with van der Waals surface area (Å²) in [7, 11) is 0. The molecule has 1 aromatic rings. The van der Waals surface area contributed by atoms with Crippen molar-refractivity contribution in [2.75, 3.05) is 13.2 Å². The zero-order valence-corrected chi connectivity index (χ0v) is 9.46. The quantitative estimate of drug-likeness (QED) is 0.461. The second-order valence-corrected chi connectivity index (χ2v) is 3.21. The molecule has 6 nitrogen and oxygen atoms in total. The third-order valence-corrected chi connectivity index (χ3v) is 1.93. The van der Waals surface area contributed by atoms with Crippen molar-refractivity contribution in [3.8, 4) is 11.5 Å². The summed E-state index contributed by atoms with van der Waals surface area (Å²) < 4.78 is 9.34. The molecule has 0 saturated heterocycles. The van der Waals surface area contributed by atoms with Gasteiger partial charge in [0.2, 0.25) is 0 Å². The molecule has 0 aromatic heterocycles. The number of esters is 2. The smallest absolute Gasteiger partial charge is 0.342 e. The van der Waals surface area contributed by atoms with Crippen LogP contribution in [0.3, 0.4) is 0 Å². The lowest BCUT2D eigenvalue weighted by atomic mass is 10.2. The Kier molecular flexibility index (Phi) is 4.74. The Balaban J connectivity index is 2.46. The van der Waals surface area contributed by atoms with E-state index in [9.17, 15) is 14.7 Å². The average molecular weight is 252 g/mol. The minimum atomic E-state index is -0.776. The maximum atomic E-state index is 11.5. The zero-order valence-electron chi connectivity index (χ0n) is 9.46. The molecule has 0 aliphatic heterocycles. The van der Waals surface area contributed by atoms with Crippen molar-refractivity contribution in [2.45, 2.75) is 0 Å². The summed E-state index contributed by atoms with van der Waals surface area (Å²) in [6.45, 7) is 2.96. The van der Waals surface area contributed by atoms with Gasteiger partial charge in [0, 0.05) is 12.1 Å². The molecule has 1 rings (SSSR count). The number of hydrogen-bond acceptors (Lipinski definition) is 6. The van der Waals surface area contributed by atoms with Crippen LogP contribution in [0.15, 0.2) is 30.9 Å². The Morgan fingerprint density at radius 3 is 2.50 bits per heavy atom. The Morgan fingerprint density at radius 1 is 1.22 bits per heavy atom. The van der Waals surface area contributed by atoms with E-state index in [4.69, 9.17) is 9.84 Å². The van der Waals surface area contributed by atoms with Crippen LogP contribution in [0.4, 0.5) is 0 Å². The van der Waals surface area contributed by atoms with Crippen LogP contribution in [0.5, 0.6) is 11.5 Å². The van der Waals surface area contributed by atoms with Gasteiger partial charge in [-0.05, 0) is 12.1 Å². The van der Waals surface area contributed by atoms with Gasteiger partial charge >= 0.3 is 11.9 Å². The molecule has 0 fully saturated rings. The molecule has 1 aromatic carbocycles. The molecule has 0 atom stereocenters. The number of phenolic OH excluding ortho intramolecular Hbond substituents is 2. The summed E-state index contributed by atoms with van der Waals surface area (Å²) in [5.74, 6) is -1.94. The first kappa shape index (κ1) is 13.6. The highest BCUT2D eigenvalue weighted by Gasteiger charge is 2.13. The fourth-order valence-electron chi connectivity index (χ4n) is 1.11. The first-order chi connectivity index (χ1) is 8.54. The van der Waals surface area contributed by atoms with Gasteiger partial charge in [0.15, 0.2) is 0 Å². The third kappa shape index (κ3) is 3.82. The van der Waals surface area contributed by atoms with Gasteiger partial charge in [-0.15, -0.1) is 0 Å². The van der Waals surface area contributed by atoms with Gasteiger partial charge in [-0.2, -0.15) is 0 Å². The molecule has 0 bridgehead atoms. The van der Waals surface area contributed by atoms with Gasteiger partial charge in [-0.1, -0.05) is 6.58 Å². The highest BCUT2D eigenvalue weighted by molar-refractivity contribution is 5.92. The highest BCUT2D eigenvalue weighted by atomic mass is 16.6. The van der Waals surface area contributed by atoms with E-state index in [0.717, 1.165) is 12.1 Å². The summed E-state index contributed by atoms with van der Waals surface area (Å²) in [5.41, 5.74) is -0.0807. The molecule has 0 unspecified atom stereocenters. The fraction of sp³-hybridized carbons (Fsp3) is 0.167. The number of carbonyl (C=O) groups excluding carboxylic acids is 2. The Bertz CT molecular complexity index is 466. The predicted molar refractivity (Wildman–Crippen MR) is 61.2 cm³/mol. The Hall–Kier alpha value is -2.50. The Labute approximate surface area is 103 Å². The topological polar surface area (TPSA) is 93.1 Å². The second-order valence-electron chi connectivity index (χ2n) is 3.21. The molecule has 6 heteroatoms. The summed E-state index contributed by atoms with van der Waals surface area (Å²) in [4.78, 5) is 22.1. The molecule has 0 aliphatic carbocycles. The van der Waals surface area contributed by atoms with Crippen LogP contribution in [-0.4, -0.2) is 35.4 Å². The molecule has 18 heavy (non-hydrogen) atoms. The molecule has 0 spiro atoms. The van der Waals surface area contributed by atoms with Crippen molar-refractivity contribution in [3.05, 3.63) is 36.4 Å². The van der Waals surface area contributed by atoms with Crippen molar-refractivity contribution in [1.82, 2.24) is 0 Å². The minimum absolute atomic E-state index is 0.0807. The minimum Gasteiger partial charge on any atom is -0.508 e. The molecule has 0 saturated carbocycles.